The minimum Gasteiger partial charge on any atom is -0.394 e. The summed E-state index contributed by atoms with van der Waals surface area (Å²) in [6.45, 7) is -0.499. The number of aliphatic hydroxyl groups is 2. The van der Waals surface area contributed by atoms with Crippen LogP contribution < -0.4 is 5.73 Å². The number of ketones is 1. The van der Waals surface area contributed by atoms with Crippen molar-refractivity contribution < 1.29 is 24.5 Å². The standard InChI is InChI=1S/C8H17NO5/c1-13-4-6(11)8(14-2)7(12)5(9)3-10/h5-6,8,10-11H,3-4,9H2,1-2H3/t5-,6+,8+/m0/s1. The highest BCUT2D eigenvalue weighted by Gasteiger charge is 2.30. The molecule has 0 aromatic heterocycles. The molecule has 0 bridgehead atoms. The fraction of sp³-hybridized carbons (Fsp3) is 0.875. The molecule has 3 atom stereocenters. The van der Waals surface area contributed by atoms with Crippen LogP contribution in [0.1, 0.15) is 0 Å². The predicted molar refractivity (Wildman–Crippen MR) is 48.7 cm³/mol. The van der Waals surface area contributed by atoms with Gasteiger partial charge in [-0.1, -0.05) is 0 Å². The summed E-state index contributed by atoms with van der Waals surface area (Å²) < 4.78 is 9.44. The van der Waals surface area contributed by atoms with Crippen LogP contribution in [0.5, 0.6) is 0 Å². The Morgan fingerprint density at radius 2 is 2.07 bits per heavy atom. The van der Waals surface area contributed by atoms with E-state index in [0.29, 0.717) is 0 Å². The summed E-state index contributed by atoms with van der Waals surface area (Å²) in [5, 5.41) is 18.1. The lowest BCUT2D eigenvalue weighted by Gasteiger charge is -2.21. The summed E-state index contributed by atoms with van der Waals surface area (Å²) in [4.78, 5) is 11.4. The number of hydrogen-bond donors (Lipinski definition) is 3. The van der Waals surface area contributed by atoms with Gasteiger partial charge in [0.15, 0.2) is 5.78 Å². The number of Topliss-reactive ketones (excluding diaryl/α,β-unsaturated/α-hetero) is 1. The van der Waals surface area contributed by atoms with Gasteiger partial charge in [0, 0.05) is 14.2 Å². The maximum Gasteiger partial charge on any atom is 0.183 e. The van der Waals surface area contributed by atoms with E-state index in [4.69, 9.17) is 15.6 Å². The van der Waals surface area contributed by atoms with Crippen molar-refractivity contribution in [2.45, 2.75) is 18.2 Å². The highest BCUT2D eigenvalue weighted by Crippen LogP contribution is 2.03. The zero-order valence-corrected chi connectivity index (χ0v) is 8.34. The molecule has 84 valence electrons. The monoisotopic (exact) mass is 207 g/mol. The van der Waals surface area contributed by atoms with E-state index in [2.05, 4.69) is 4.74 Å². The molecule has 0 aliphatic rings. The average molecular weight is 207 g/mol. The topological polar surface area (TPSA) is 102 Å². The van der Waals surface area contributed by atoms with Crippen molar-refractivity contribution in [3.8, 4) is 0 Å². The van der Waals surface area contributed by atoms with Gasteiger partial charge in [-0.15, -0.1) is 0 Å². The molecule has 0 radical (unpaired) electrons. The number of ether oxygens (including phenoxy) is 2. The SMILES string of the molecule is COC[C@@H](O)[C@@H](OC)C(=O)[C@@H](N)CO. The minimum atomic E-state index is -1.07. The third-order valence-electron chi connectivity index (χ3n) is 1.78. The summed E-state index contributed by atoms with van der Waals surface area (Å²) in [6.07, 6.45) is -2.13. The van der Waals surface area contributed by atoms with Gasteiger partial charge in [0.05, 0.1) is 19.3 Å². The highest BCUT2D eigenvalue weighted by atomic mass is 16.5. The van der Waals surface area contributed by atoms with Gasteiger partial charge in [0.25, 0.3) is 0 Å². The summed E-state index contributed by atoms with van der Waals surface area (Å²) in [5.74, 6) is -0.542. The Labute approximate surface area is 82.6 Å². The Bertz CT molecular complexity index is 175. The maximum absolute atomic E-state index is 11.4. The predicted octanol–water partition coefficient (Wildman–Crippen LogP) is -2.10. The first-order valence-electron chi connectivity index (χ1n) is 4.18. The third-order valence-corrected chi connectivity index (χ3v) is 1.78. The number of carbonyl (C=O) groups is 1. The van der Waals surface area contributed by atoms with Crippen LogP contribution in [0.15, 0.2) is 0 Å². The number of methoxy groups -OCH3 is 2. The molecule has 0 aromatic rings. The van der Waals surface area contributed by atoms with E-state index in [9.17, 15) is 9.90 Å². The average Bonchev–Trinajstić information content (AvgIpc) is 2.18. The highest BCUT2D eigenvalue weighted by molar-refractivity contribution is 5.88. The van der Waals surface area contributed by atoms with E-state index in [-0.39, 0.29) is 6.61 Å². The molecular weight excluding hydrogens is 190 g/mol. The van der Waals surface area contributed by atoms with Crippen molar-refractivity contribution in [3.63, 3.8) is 0 Å². The van der Waals surface area contributed by atoms with Crippen LogP contribution in [-0.2, 0) is 14.3 Å². The molecule has 0 spiro atoms. The van der Waals surface area contributed by atoms with Crippen molar-refractivity contribution in [2.75, 3.05) is 27.4 Å². The molecule has 14 heavy (non-hydrogen) atoms. The number of aliphatic hydroxyl groups excluding tert-OH is 2. The van der Waals surface area contributed by atoms with E-state index in [1.54, 1.807) is 0 Å². The number of carbonyl (C=O) groups excluding carboxylic acids is 1. The molecule has 0 aliphatic heterocycles. The van der Waals surface area contributed by atoms with Gasteiger partial charge in [0.1, 0.15) is 12.2 Å². The van der Waals surface area contributed by atoms with Crippen molar-refractivity contribution in [3.05, 3.63) is 0 Å². The first-order chi connectivity index (χ1) is 6.58. The zero-order valence-electron chi connectivity index (χ0n) is 8.34. The lowest BCUT2D eigenvalue weighted by molar-refractivity contribution is -0.140. The van der Waals surface area contributed by atoms with Crippen molar-refractivity contribution in [1.29, 1.82) is 0 Å². The van der Waals surface area contributed by atoms with E-state index in [1.807, 2.05) is 0 Å². The van der Waals surface area contributed by atoms with E-state index >= 15 is 0 Å². The third kappa shape index (κ3) is 3.69. The molecular formula is C8H17NO5. The van der Waals surface area contributed by atoms with Gasteiger partial charge in [0.2, 0.25) is 0 Å². The van der Waals surface area contributed by atoms with Gasteiger partial charge in [-0.25, -0.2) is 0 Å². The Hall–Kier alpha value is -0.530. The number of rotatable bonds is 7. The maximum atomic E-state index is 11.4. The van der Waals surface area contributed by atoms with Gasteiger partial charge >= 0.3 is 0 Å². The largest absolute Gasteiger partial charge is 0.394 e. The van der Waals surface area contributed by atoms with Crippen LogP contribution in [0.4, 0.5) is 0 Å². The molecule has 6 nitrogen and oxygen atoms in total. The Morgan fingerprint density at radius 3 is 2.43 bits per heavy atom. The van der Waals surface area contributed by atoms with Gasteiger partial charge in [-0.3, -0.25) is 4.79 Å². The van der Waals surface area contributed by atoms with Crippen LogP contribution in [0, 0.1) is 0 Å². The molecule has 0 fully saturated rings. The molecule has 0 amide bonds. The first kappa shape index (κ1) is 13.5. The van der Waals surface area contributed by atoms with Gasteiger partial charge in [-0.05, 0) is 0 Å². The number of hydrogen-bond acceptors (Lipinski definition) is 6. The second kappa shape index (κ2) is 6.86. The second-order valence-corrected chi connectivity index (χ2v) is 2.87. The summed E-state index contributed by atoms with van der Waals surface area (Å²) in [6, 6.07) is -1.04. The molecule has 0 saturated carbocycles. The summed E-state index contributed by atoms with van der Waals surface area (Å²) >= 11 is 0. The lowest BCUT2D eigenvalue weighted by atomic mass is 10.0. The van der Waals surface area contributed by atoms with Crippen molar-refractivity contribution in [1.82, 2.24) is 0 Å². The number of nitrogens with two attached hydrogens (primary N) is 1. The van der Waals surface area contributed by atoms with E-state index < -0.39 is 30.6 Å². The zero-order chi connectivity index (χ0) is 11.1. The molecule has 0 aliphatic carbocycles. The van der Waals surface area contributed by atoms with Crippen molar-refractivity contribution >= 4 is 5.78 Å². The van der Waals surface area contributed by atoms with Crippen LogP contribution in [0.3, 0.4) is 0 Å². The fourth-order valence-corrected chi connectivity index (χ4v) is 1.02. The second-order valence-electron chi connectivity index (χ2n) is 2.87. The Kier molecular flexibility index (Phi) is 6.60. The quantitative estimate of drug-likeness (QED) is 0.442. The molecule has 6 heteroatoms. The molecule has 0 saturated heterocycles. The molecule has 0 unspecified atom stereocenters. The van der Waals surface area contributed by atoms with Crippen LogP contribution >= 0.6 is 0 Å². The first-order valence-corrected chi connectivity index (χ1v) is 4.18. The summed E-state index contributed by atoms with van der Waals surface area (Å²) in [5.41, 5.74) is 5.30. The lowest BCUT2D eigenvalue weighted by Crippen LogP contribution is -2.48. The van der Waals surface area contributed by atoms with Crippen LogP contribution in [0.25, 0.3) is 0 Å². The normalized spacial score (nSPS) is 17.5. The Balaban J connectivity index is 4.31. The van der Waals surface area contributed by atoms with E-state index in [0.717, 1.165) is 0 Å². The van der Waals surface area contributed by atoms with E-state index in [1.165, 1.54) is 14.2 Å². The fourth-order valence-electron chi connectivity index (χ4n) is 1.02. The van der Waals surface area contributed by atoms with Crippen LogP contribution in [-0.4, -0.2) is 61.7 Å². The molecule has 0 aromatic carbocycles. The van der Waals surface area contributed by atoms with Gasteiger partial charge in [-0.2, -0.15) is 0 Å². The minimum absolute atomic E-state index is 0.0254. The van der Waals surface area contributed by atoms with Crippen LogP contribution in [0.2, 0.25) is 0 Å². The van der Waals surface area contributed by atoms with Gasteiger partial charge < -0.3 is 25.4 Å². The molecule has 4 N–H and O–H groups in total. The molecule has 0 rings (SSSR count). The summed E-state index contributed by atoms with van der Waals surface area (Å²) in [7, 11) is 2.68. The Morgan fingerprint density at radius 1 is 1.50 bits per heavy atom. The smallest absolute Gasteiger partial charge is 0.183 e. The molecule has 0 heterocycles. The van der Waals surface area contributed by atoms with Crippen molar-refractivity contribution in [2.24, 2.45) is 5.73 Å².